The number of carbonyl (C=O) groups excluding carboxylic acids is 1. The number of likely N-dealkylation sites (tertiary alicyclic amines) is 1. The fraction of sp³-hybridized carbons (Fsp3) is 0.652. The highest BCUT2D eigenvalue weighted by Crippen LogP contribution is 2.13. The number of guanidine groups is 1. The second kappa shape index (κ2) is 13.8. The predicted molar refractivity (Wildman–Crippen MR) is 138 cm³/mol. The molecule has 2 aliphatic heterocycles. The van der Waals surface area contributed by atoms with E-state index in [0.29, 0.717) is 6.54 Å². The zero-order valence-corrected chi connectivity index (χ0v) is 21.7. The average molecular weight is 559 g/mol. The van der Waals surface area contributed by atoms with Crippen LogP contribution in [0.2, 0.25) is 0 Å². The van der Waals surface area contributed by atoms with Crippen LogP contribution in [0.1, 0.15) is 25.3 Å². The van der Waals surface area contributed by atoms with E-state index >= 15 is 0 Å². The second-order valence-corrected chi connectivity index (χ2v) is 8.33. The van der Waals surface area contributed by atoms with Gasteiger partial charge in [0.25, 0.3) is 0 Å². The molecule has 8 nitrogen and oxygen atoms in total. The third kappa shape index (κ3) is 8.40. The summed E-state index contributed by atoms with van der Waals surface area (Å²) in [5.74, 6) is 1.82. The number of hydrogen-bond donors (Lipinski definition) is 2. The number of nitrogens with one attached hydrogen (secondary N) is 1. The van der Waals surface area contributed by atoms with E-state index in [4.69, 9.17) is 4.74 Å². The van der Waals surface area contributed by atoms with Crippen molar-refractivity contribution < 1.29 is 14.6 Å². The number of halogens is 1. The molecule has 1 atom stereocenters. The van der Waals surface area contributed by atoms with Crippen molar-refractivity contribution in [3.8, 4) is 5.75 Å². The van der Waals surface area contributed by atoms with Crippen LogP contribution in [-0.4, -0.2) is 103 Å². The summed E-state index contributed by atoms with van der Waals surface area (Å²) in [5, 5.41) is 13.6. The number of rotatable bonds is 8. The number of ether oxygens (including phenoxy) is 1. The molecule has 0 bridgehead atoms. The highest BCUT2D eigenvalue weighted by molar-refractivity contribution is 14.0. The van der Waals surface area contributed by atoms with E-state index in [0.717, 1.165) is 75.9 Å². The highest BCUT2D eigenvalue weighted by Gasteiger charge is 2.24. The SMILES string of the molecule is CCNC(=NCC(O)COc1cccc(C)c1)N1CCN(CC(=O)N2CCCC2)CC1.I. The maximum atomic E-state index is 12.4. The Morgan fingerprint density at radius 3 is 2.53 bits per heavy atom. The quantitative estimate of drug-likeness (QED) is 0.286. The van der Waals surface area contributed by atoms with Gasteiger partial charge in [-0.2, -0.15) is 0 Å². The normalized spacial score (nSPS) is 18.3. The molecule has 1 aromatic carbocycles. The van der Waals surface area contributed by atoms with E-state index in [1.54, 1.807) is 0 Å². The Hall–Kier alpha value is -1.59. The first-order valence-corrected chi connectivity index (χ1v) is 11.5. The molecule has 2 aliphatic rings. The van der Waals surface area contributed by atoms with Gasteiger partial charge in [-0.1, -0.05) is 12.1 Å². The minimum atomic E-state index is -0.673. The van der Waals surface area contributed by atoms with Crippen LogP contribution in [0.15, 0.2) is 29.3 Å². The van der Waals surface area contributed by atoms with Gasteiger partial charge in [-0.15, -0.1) is 24.0 Å². The summed E-state index contributed by atoms with van der Waals surface area (Å²) in [5.41, 5.74) is 1.13. The summed E-state index contributed by atoms with van der Waals surface area (Å²) in [4.78, 5) is 23.4. The van der Waals surface area contributed by atoms with Gasteiger partial charge in [0.15, 0.2) is 5.96 Å². The lowest BCUT2D eigenvalue weighted by Crippen LogP contribution is -2.54. The molecule has 9 heteroatoms. The summed E-state index contributed by atoms with van der Waals surface area (Å²) in [6.07, 6.45) is 1.59. The van der Waals surface area contributed by atoms with Crippen molar-refractivity contribution in [3.05, 3.63) is 29.8 Å². The second-order valence-electron chi connectivity index (χ2n) is 8.33. The number of carbonyl (C=O) groups is 1. The third-order valence-corrected chi connectivity index (χ3v) is 5.71. The Morgan fingerprint density at radius 1 is 1.16 bits per heavy atom. The zero-order chi connectivity index (χ0) is 22.1. The van der Waals surface area contributed by atoms with Crippen LogP contribution in [0.3, 0.4) is 0 Å². The van der Waals surface area contributed by atoms with Gasteiger partial charge in [-0.05, 0) is 44.4 Å². The first kappa shape index (κ1) is 26.7. The smallest absolute Gasteiger partial charge is 0.236 e. The number of piperazine rings is 1. The summed E-state index contributed by atoms with van der Waals surface area (Å²) >= 11 is 0. The van der Waals surface area contributed by atoms with Crippen LogP contribution >= 0.6 is 24.0 Å². The fourth-order valence-electron chi connectivity index (χ4n) is 3.94. The van der Waals surface area contributed by atoms with E-state index in [9.17, 15) is 9.90 Å². The van der Waals surface area contributed by atoms with E-state index < -0.39 is 6.10 Å². The Bertz CT molecular complexity index is 734. The number of aryl methyl sites for hydroxylation is 1. The molecule has 1 aromatic rings. The first-order chi connectivity index (χ1) is 15.0. The van der Waals surface area contributed by atoms with Crippen molar-refractivity contribution >= 4 is 35.8 Å². The standard InChI is InChI=1S/C23H37N5O3.HI/c1-3-24-23(25-16-20(29)18-31-21-8-6-7-19(2)15-21)28-13-11-26(12-14-28)17-22(30)27-9-4-5-10-27;/h6-8,15,20,29H,3-5,9-14,16-18H2,1-2H3,(H,24,25);1H. The molecule has 1 amide bonds. The van der Waals surface area contributed by atoms with Crippen molar-refractivity contribution in [2.45, 2.75) is 32.8 Å². The molecule has 0 radical (unpaired) electrons. The number of aliphatic hydroxyl groups excluding tert-OH is 1. The molecule has 3 rings (SSSR count). The summed E-state index contributed by atoms with van der Waals surface area (Å²) in [7, 11) is 0. The Balaban J connectivity index is 0.00000363. The van der Waals surface area contributed by atoms with Crippen LogP contribution < -0.4 is 10.1 Å². The summed E-state index contributed by atoms with van der Waals surface area (Å²) in [6, 6.07) is 7.80. The Morgan fingerprint density at radius 2 is 1.88 bits per heavy atom. The molecule has 2 heterocycles. The number of aliphatic hydroxyl groups is 1. The fourth-order valence-corrected chi connectivity index (χ4v) is 3.94. The first-order valence-electron chi connectivity index (χ1n) is 11.5. The lowest BCUT2D eigenvalue weighted by molar-refractivity contribution is -0.131. The van der Waals surface area contributed by atoms with Gasteiger partial charge in [0.1, 0.15) is 18.5 Å². The van der Waals surface area contributed by atoms with Gasteiger partial charge in [0, 0.05) is 45.8 Å². The number of nitrogens with zero attached hydrogens (tertiary/aromatic N) is 4. The average Bonchev–Trinajstić information content (AvgIpc) is 3.31. The molecule has 1 unspecified atom stereocenters. The van der Waals surface area contributed by atoms with E-state index in [2.05, 4.69) is 20.1 Å². The van der Waals surface area contributed by atoms with Gasteiger partial charge >= 0.3 is 0 Å². The monoisotopic (exact) mass is 559 g/mol. The number of amides is 1. The third-order valence-electron chi connectivity index (χ3n) is 5.71. The molecule has 0 saturated carbocycles. The molecule has 180 valence electrons. The number of aliphatic imine (C=N–C) groups is 1. The minimum Gasteiger partial charge on any atom is -0.491 e. The minimum absolute atomic E-state index is 0. The van der Waals surface area contributed by atoms with Gasteiger partial charge in [-0.3, -0.25) is 14.7 Å². The molecular weight excluding hydrogens is 521 g/mol. The Labute approximate surface area is 209 Å². The molecule has 2 fully saturated rings. The lowest BCUT2D eigenvalue weighted by Gasteiger charge is -2.36. The summed E-state index contributed by atoms with van der Waals surface area (Å²) in [6.45, 7) is 10.9. The van der Waals surface area contributed by atoms with Crippen molar-refractivity contribution in [2.24, 2.45) is 4.99 Å². The van der Waals surface area contributed by atoms with Gasteiger partial charge < -0.3 is 25.0 Å². The van der Waals surface area contributed by atoms with Crippen LogP contribution in [0.5, 0.6) is 5.75 Å². The molecule has 2 saturated heterocycles. The molecule has 0 aromatic heterocycles. The van der Waals surface area contributed by atoms with E-state index in [-0.39, 0.29) is 43.0 Å². The number of hydrogen-bond acceptors (Lipinski definition) is 5. The van der Waals surface area contributed by atoms with Crippen LogP contribution in [-0.2, 0) is 4.79 Å². The lowest BCUT2D eigenvalue weighted by atomic mass is 10.2. The topological polar surface area (TPSA) is 80.6 Å². The van der Waals surface area contributed by atoms with Crippen molar-refractivity contribution in [1.29, 1.82) is 0 Å². The maximum absolute atomic E-state index is 12.4. The van der Waals surface area contributed by atoms with Gasteiger partial charge in [0.05, 0.1) is 13.1 Å². The largest absolute Gasteiger partial charge is 0.491 e. The molecule has 32 heavy (non-hydrogen) atoms. The predicted octanol–water partition coefficient (Wildman–Crippen LogP) is 1.56. The van der Waals surface area contributed by atoms with Crippen molar-refractivity contribution in [3.63, 3.8) is 0 Å². The van der Waals surface area contributed by atoms with E-state index in [1.807, 2.05) is 43.0 Å². The molecular formula is C23H38IN5O3. The van der Waals surface area contributed by atoms with Crippen molar-refractivity contribution in [1.82, 2.24) is 20.0 Å². The van der Waals surface area contributed by atoms with Crippen LogP contribution in [0, 0.1) is 6.92 Å². The van der Waals surface area contributed by atoms with Gasteiger partial charge in [0.2, 0.25) is 5.91 Å². The van der Waals surface area contributed by atoms with Gasteiger partial charge in [-0.25, -0.2) is 0 Å². The highest BCUT2D eigenvalue weighted by atomic mass is 127. The number of benzene rings is 1. The molecule has 2 N–H and O–H groups in total. The molecule has 0 aliphatic carbocycles. The Kier molecular flexibility index (Phi) is 11.5. The van der Waals surface area contributed by atoms with Crippen LogP contribution in [0.25, 0.3) is 0 Å². The molecule has 0 spiro atoms. The maximum Gasteiger partial charge on any atom is 0.236 e. The van der Waals surface area contributed by atoms with Crippen LogP contribution in [0.4, 0.5) is 0 Å². The van der Waals surface area contributed by atoms with E-state index in [1.165, 1.54) is 0 Å². The van der Waals surface area contributed by atoms with Crippen molar-refractivity contribution in [2.75, 3.05) is 65.5 Å². The summed E-state index contributed by atoms with van der Waals surface area (Å²) < 4.78 is 5.68. The zero-order valence-electron chi connectivity index (χ0n) is 19.3.